The van der Waals surface area contributed by atoms with Gasteiger partial charge < -0.3 is 24.6 Å². The lowest BCUT2D eigenvalue weighted by atomic mass is 9.95. The third kappa shape index (κ3) is 5.29. The first kappa shape index (κ1) is 28.4. The highest BCUT2D eigenvalue weighted by atomic mass is 35.5. The lowest BCUT2D eigenvalue weighted by Crippen LogP contribution is -2.58. The van der Waals surface area contributed by atoms with Gasteiger partial charge in [-0.2, -0.15) is 0 Å². The molecule has 3 aliphatic heterocycles. The van der Waals surface area contributed by atoms with E-state index in [9.17, 15) is 24.3 Å². The zero-order valence-electron chi connectivity index (χ0n) is 22.7. The SMILES string of the molecule is O=C(O)C1CCCN(C(=O)[C@@H]2CCCN2C(=O)[C@H]2Cc3c([nH]c4ccccc34)CN2C(=O)Oc2ccc(Cl)c(Cl)c2)C1. The van der Waals surface area contributed by atoms with Crippen molar-refractivity contribution in [1.29, 1.82) is 0 Å². The van der Waals surface area contributed by atoms with Gasteiger partial charge in [0.2, 0.25) is 11.8 Å². The maximum absolute atomic E-state index is 14.3. The first-order valence-corrected chi connectivity index (χ1v) is 14.8. The molecule has 2 N–H and O–H groups in total. The summed E-state index contributed by atoms with van der Waals surface area (Å²) in [5.41, 5.74) is 2.67. The quantitative estimate of drug-likeness (QED) is 0.440. The van der Waals surface area contributed by atoms with E-state index in [4.69, 9.17) is 27.9 Å². The number of carbonyl (C=O) groups excluding carboxylic acids is 3. The predicted molar refractivity (Wildman–Crippen MR) is 155 cm³/mol. The summed E-state index contributed by atoms with van der Waals surface area (Å²) in [4.78, 5) is 61.0. The van der Waals surface area contributed by atoms with Crippen molar-refractivity contribution in [1.82, 2.24) is 19.7 Å². The summed E-state index contributed by atoms with van der Waals surface area (Å²) in [5, 5.41) is 11.0. The Balaban J connectivity index is 1.29. The number of carbonyl (C=O) groups is 4. The number of nitrogens with one attached hydrogen (secondary N) is 1. The van der Waals surface area contributed by atoms with E-state index in [1.54, 1.807) is 9.80 Å². The van der Waals surface area contributed by atoms with E-state index in [2.05, 4.69) is 4.98 Å². The summed E-state index contributed by atoms with van der Waals surface area (Å²) in [6.07, 6.45) is 1.77. The van der Waals surface area contributed by atoms with E-state index in [-0.39, 0.29) is 42.1 Å². The molecule has 3 atom stereocenters. The van der Waals surface area contributed by atoms with E-state index in [1.807, 2.05) is 24.3 Å². The van der Waals surface area contributed by atoms with Crippen molar-refractivity contribution >= 4 is 58.0 Å². The van der Waals surface area contributed by atoms with Gasteiger partial charge in [0.25, 0.3) is 0 Å². The van der Waals surface area contributed by atoms with Gasteiger partial charge in [-0.05, 0) is 49.4 Å². The summed E-state index contributed by atoms with van der Waals surface area (Å²) in [7, 11) is 0. The molecule has 0 saturated carbocycles. The number of aromatic amines is 1. The fourth-order valence-corrected chi connectivity index (χ4v) is 6.68. The van der Waals surface area contributed by atoms with Gasteiger partial charge in [0, 0.05) is 48.7 Å². The van der Waals surface area contributed by atoms with Crippen LogP contribution in [0.5, 0.6) is 5.75 Å². The largest absolute Gasteiger partial charge is 0.481 e. The van der Waals surface area contributed by atoms with Crippen LogP contribution < -0.4 is 4.74 Å². The van der Waals surface area contributed by atoms with Crippen LogP contribution in [-0.4, -0.2) is 80.4 Å². The highest BCUT2D eigenvalue weighted by Gasteiger charge is 2.45. The zero-order valence-corrected chi connectivity index (χ0v) is 24.2. The van der Waals surface area contributed by atoms with Gasteiger partial charge in [-0.25, -0.2) is 4.79 Å². The van der Waals surface area contributed by atoms with Gasteiger partial charge in [-0.15, -0.1) is 0 Å². The van der Waals surface area contributed by atoms with E-state index in [1.165, 1.54) is 23.1 Å². The Morgan fingerprint density at radius 3 is 2.48 bits per heavy atom. The lowest BCUT2D eigenvalue weighted by molar-refractivity contribution is -0.151. The van der Waals surface area contributed by atoms with Crippen LogP contribution in [0.25, 0.3) is 10.9 Å². The number of para-hydroxylation sites is 1. The van der Waals surface area contributed by atoms with E-state index >= 15 is 0 Å². The highest BCUT2D eigenvalue weighted by molar-refractivity contribution is 6.42. The first-order chi connectivity index (χ1) is 20.2. The van der Waals surface area contributed by atoms with Gasteiger partial charge in [0.1, 0.15) is 17.8 Å². The lowest BCUT2D eigenvalue weighted by Gasteiger charge is -2.39. The zero-order chi connectivity index (χ0) is 29.5. The summed E-state index contributed by atoms with van der Waals surface area (Å²) in [6, 6.07) is 10.6. The molecule has 10 nitrogen and oxygen atoms in total. The number of fused-ring (bicyclic) bond motifs is 3. The number of H-pyrrole nitrogens is 1. The molecule has 4 heterocycles. The number of carboxylic acids is 1. The summed E-state index contributed by atoms with van der Waals surface area (Å²) in [6.45, 7) is 1.08. The molecule has 2 aromatic carbocycles. The number of carboxylic acid groups (broad SMARTS) is 1. The summed E-state index contributed by atoms with van der Waals surface area (Å²) in [5.74, 6) is -1.91. The van der Waals surface area contributed by atoms with Crippen molar-refractivity contribution in [2.75, 3.05) is 19.6 Å². The molecule has 0 spiro atoms. The number of nitrogens with zero attached hydrogens (tertiary/aromatic N) is 3. The first-order valence-electron chi connectivity index (χ1n) is 14.0. The number of piperidine rings is 1. The number of aromatic nitrogens is 1. The van der Waals surface area contributed by atoms with Gasteiger partial charge in [0.05, 0.1) is 22.5 Å². The highest BCUT2D eigenvalue weighted by Crippen LogP contribution is 2.34. The molecule has 12 heteroatoms. The number of ether oxygens (including phenoxy) is 1. The molecule has 0 bridgehead atoms. The normalized spacial score (nSPS) is 22.2. The Morgan fingerprint density at radius 2 is 1.69 bits per heavy atom. The maximum Gasteiger partial charge on any atom is 0.416 e. The molecule has 1 unspecified atom stereocenters. The van der Waals surface area contributed by atoms with Crippen LogP contribution in [0.2, 0.25) is 10.0 Å². The van der Waals surface area contributed by atoms with Crippen molar-refractivity contribution in [3.05, 3.63) is 63.8 Å². The molecule has 0 aliphatic carbocycles. The Labute approximate surface area is 252 Å². The van der Waals surface area contributed by atoms with Gasteiger partial charge in [-0.1, -0.05) is 41.4 Å². The third-order valence-electron chi connectivity index (χ3n) is 8.52. The minimum absolute atomic E-state index is 0.111. The van der Waals surface area contributed by atoms with Crippen LogP contribution in [0.1, 0.15) is 36.9 Å². The van der Waals surface area contributed by atoms with E-state index in [0.29, 0.717) is 43.8 Å². The second-order valence-electron chi connectivity index (χ2n) is 11.1. The molecule has 6 rings (SSSR count). The number of amides is 3. The molecule has 42 heavy (non-hydrogen) atoms. The van der Waals surface area contributed by atoms with Crippen LogP contribution in [-0.2, 0) is 27.3 Å². The van der Waals surface area contributed by atoms with Crippen molar-refractivity contribution in [3.8, 4) is 5.75 Å². The Hall–Kier alpha value is -3.76. The second kappa shape index (κ2) is 11.5. The van der Waals surface area contributed by atoms with Crippen molar-refractivity contribution in [2.24, 2.45) is 5.92 Å². The number of hydrogen-bond donors (Lipinski definition) is 2. The van der Waals surface area contributed by atoms with Crippen LogP contribution >= 0.6 is 23.2 Å². The second-order valence-corrected chi connectivity index (χ2v) is 11.9. The minimum atomic E-state index is -0.917. The van der Waals surface area contributed by atoms with Crippen molar-refractivity contribution in [2.45, 2.75) is 50.7 Å². The molecule has 3 aromatic rings. The smallest absolute Gasteiger partial charge is 0.416 e. The molecule has 1 aromatic heterocycles. The molecule has 2 fully saturated rings. The molecular formula is C30H30Cl2N4O6. The van der Waals surface area contributed by atoms with Crippen molar-refractivity contribution < 1.29 is 29.0 Å². The average Bonchev–Trinajstić information content (AvgIpc) is 3.62. The monoisotopic (exact) mass is 612 g/mol. The molecule has 3 amide bonds. The van der Waals surface area contributed by atoms with Gasteiger partial charge in [0.15, 0.2) is 0 Å². The van der Waals surface area contributed by atoms with Gasteiger partial charge in [-0.3, -0.25) is 19.3 Å². The number of rotatable bonds is 4. The number of aliphatic carboxylic acids is 1. The van der Waals surface area contributed by atoms with Crippen molar-refractivity contribution in [3.63, 3.8) is 0 Å². The van der Waals surface area contributed by atoms with Crippen LogP contribution in [0, 0.1) is 5.92 Å². The summed E-state index contributed by atoms with van der Waals surface area (Å²) < 4.78 is 5.65. The number of likely N-dealkylation sites (tertiary alicyclic amines) is 2. The number of halogens is 2. The molecule has 0 radical (unpaired) electrons. The predicted octanol–water partition coefficient (Wildman–Crippen LogP) is 4.71. The van der Waals surface area contributed by atoms with Gasteiger partial charge >= 0.3 is 12.1 Å². The molecule has 2 saturated heterocycles. The third-order valence-corrected chi connectivity index (χ3v) is 9.26. The number of benzene rings is 2. The molecular weight excluding hydrogens is 583 g/mol. The molecule has 3 aliphatic rings. The number of hydrogen-bond acceptors (Lipinski definition) is 5. The van der Waals surface area contributed by atoms with E-state index in [0.717, 1.165) is 22.2 Å². The Kier molecular flexibility index (Phi) is 7.76. The maximum atomic E-state index is 14.3. The van der Waals surface area contributed by atoms with Crippen LogP contribution in [0.4, 0.5) is 4.79 Å². The van der Waals surface area contributed by atoms with E-state index < -0.39 is 30.1 Å². The molecule has 220 valence electrons. The average molecular weight is 613 g/mol. The Morgan fingerprint density at radius 1 is 0.905 bits per heavy atom. The Bertz CT molecular complexity index is 1570. The van der Waals surface area contributed by atoms with Crippen LogP contribution in [0.15, 0.2) is 42.5 Å². The standard InChI is InChI=1S/C30H30Cl2N4O6/c31-21-10-9-18(13-22(21)32)42-30(41)36-16-24-20(19-6-1-2-7-23(19)33-24)14-26(36)28(38)35-12-4-8-25(35)27(37)34-11-3-5-17(15-34)29(39)40/h1-2,6-7,9-10,13,17,25-26,33H,3-5,8,11-12,14-16H2,(H,39,40)/t17?,25-,26+/m0/s1. The minimum Gasteiger partial charge on any atom is -0.481 e. The van der Waals surface area contributed by atoms with Crippen LogP contribution in [0.3, 0.4) is 0 Å². The summed E-state index contributed by atoms with van der Waals surface area (Å²) >= 11 is 12.1. The topological polar surface area (TPSA) is 123 Å². The fourth-order valence-electron chi connectivity index (χ4n) is 6.39. The fraction of sp³-hybridized carbons (Fsp3) is 0.400.